The molecular formula is C14H22ClFN4. The lowest BCUT2D eigenvalue weighted by molar-refractivity contribution is 0.128. The average molecular weight is 301 g/mol. The highest BCUT2D eigenvalue weighted by atomic mass is 35.5. The molecule has 0 unspecified atom stereocenters. The zero-order valence-electron chi connectivity index (χ0n) is 12.2. The third kappa shape index (κ3) is 2.79. The zero-order chi connectivity index (χ0) is 15.1. The lowest BCUT2D eigenvalue weighted by Gasteiger charge is -2.43. The van der Waals surface area contributed by atoms with Crippen LogP contribution < -0.4 is 16.4 Å². The predicted molar refractivity (Wildman–Crippen MR) is 83.8 cm³/mol. The predicted octanol–water partition coefficient (Wildman–Crippen LogP) is 2.56. The van der Waals surface area contributed by atoms with Crippen molar-refractivity contribution in [2.75, 3.05) is 42.5 Å². The number of nitrogens with zero attached hydrogens (tertiary/aromatic N) is 2. The maximum absolute atomic E-state index is 14.3. The van der Waals surface area contributed by atoms with Crippen molar-refractivity contribution in [3.05, 3.63) is 16.9 Å². The number of nitrogen functional groups attached to an aromatic ring is 2. The van der Waals surface area contributed by atoms with Crippen LogP contribution in [0, 0.1) is 5.82 Å². The molecule has 0 atom stereocenters. The minimum absolute atomic E-state index is 0.0487. The Morgan fingerprint density at radius 1 is 1.10 bits per heavy atom. The van der Waals surface area contributed by atoms with Gasteiger partial charge in [0.25, 0.3) is 0 Å². The SMILES string of the molecule is CC(C)(C)N1CCN(c2c(N)cc(N)c(Cl)c2F)CC1. The Balaban J connectivity index is 2.22. The summed E-state index contributed by atoms with van der Waals surface area (Å²) in [6.45, 7) is 9.71. The summed E-state index contributed by atoms with van der Waals surface area (Å²) >= 11 is 5.88. The van der Waals surface area contributed by atoms with E-state index in [1.165, 1.54) is 6.07 Å². The normalized spacial score (nSPS) is 17.6. The lowest BCUT2D eigenvalue weighted by Crippen LogP contribution is -2.53. The van der Waals surface area contributed by atoms with E-state index in [0.717, 1.165) is 26.2 Å². The van der Waals surface area contributed by atoms with Crippen LogP contribution in [0.2, 0.25) is 5.02 Å². The van der Waals surface area contributed by atoms with Gasteiger partial charge in [-0.25, -0.2) is 4.39 Å². The number of halogens is 2. The van der Waals surface area contributed by atoms with Crippen LogP contribution in [0.4, 0.5) is 21.5 Å². The first-order valence-electron chi connectivity index (χ1n) is 6.74. The van der Waals surface area contributed by atoms with Crippen LogP contribution in [0.5, 0.6) is 0 Å². The molecule has 1 heterocycles. The third-order valence-electron chi connectivity index (χ3n) is 3.78. The van der Waals surface area contributed by atoms with Crippen LogP contribution in [0.3, 0.4) is 0 Å². The highest BCUT2D eigenvalue weighted by Crippen LogP contribution is 2.36. The van der Waals surface area contributed by atoms with E-state index in [4.69, 9.17) is 23.1 Å². The van der Waals surface area contributed by atoms with Gasteiger partial charge in [0, 0.05) is 31.7 Å². The summed E-state index contributed by atoms with van der Waals surface area (Å²) in [7, 11) is 0. The summed E-state index contributed by atoms with van der Waals surface area (Å²) in [5.41, 5.74) is 12.5. The quantitative estimate of drug-likeness (QED) is 0.783. The van der Waals surface area contributed by atoms with E-state index in [9.17, 15) is 4.39 Å². The van der Waals surface area contributed by atoms with E-state index < -0.39 is 5.82 Å². The molecule has 0 saturated carbocycles. The van der Waals surface area contributed by atoms with Gasteiger partial charge in [-0.15, -0.1) is 0 Å². The van der Waals surface area contributed by atoms with Crippen molar-refractivity contribution in [3.63, 3.8) is 0 Å². The van der Waals surface area contributed by atoms with E-state index in [1.54, 1.807) is 0 Å². The van der Waals surface area contributed by atoms with Crippen LogP contribution in [0.25, 0.3) is 0 Å². The van der Waals surface area contributed by atoms with Crippen molar-refractivity contribution in [2.45, 2.75) is 26.3 Å². The molecule has 4 nitrogen and oxygen atoms in total. The Bertz CT molecular complexity index is 505. The molecule has 6 heteroatoms. The second kappa shape index (κ2) is 5.30. The van der Waals surface area contributed by atoms with Crippen molar-refractivity contribution < 1.29 is 4.39 Å². The van der Waals surface area contributed by atoms with Gasteiger partial charge in [0.15, 0.2) is 5.82 Å². The molecule has 1 aliphatic rings. The molecule has 1 aromatic carbocycles. The maximum Gasteiger partial charge on any atom is 0.169 e. The van der Waals surface area contributed by atoms with Crippen molar-refractivity contribution >= 4 is 28.7 Å². The van der Waals surface area contributed by atoms with Crippen molar-refractivity contribution in [3.8, 4) is 0 Å². The monoisotopic (exact) mass is 300 g/mol. The van der Waals surface area contributed by atoms with E-state index in [1.807, 2.05) is 4.90 Å². The summed E-state index contributed by atoms with van der Waals surface area (Å²) < 4.78 is 14.3. The molecule has 112 valence electrons. The molecule has 0 bridgehead atoms. The van der Waals surface area contributed by atoms with E-state index in [0.29, 0.717) is 11.4 Å². The Morgan fingerprint density at radius 3 is 2.15 bits per heavy atom. The number of hydrogen-bond acceptors (Lipinski definition) is 4. The summed E-state index contributed by atoms with van der Waals surface area (Å²) in [6.07, 6.45) is 0. The smallest absolute Gasteiger partial charge is 0.169 e. The third-order valence-corrected chi connectivity index (χ3v) is 4.17. The number of anilines is 3. The molecule has 0 amide bonds. The number of rotatable bonds is 1. The van der Waals surface area contributed by atoms with Gasteiger partial charge in [-0.3, -0.25) is 4.90 Å². The van der Waals surface area contributed by atoms with Crippen LogP contribution in [0.1, 0.15) is 20.8 Å². The van der Waals surface area contributed by atoms with Crippen LogP contribution in [-0.4, -0.2) is 36.6 Å². The van der Waals surface area contributed by atoms with E-state index >= 15 is 0 Å². The van der Waals surface area contributed by atoms with Gasteiger partial charge in [-0.2, -0.15) is 0 Å². The van der Waals surface area contributed by atoms with Crippen LogP contribution in [0.15, 0.2) is 6.07 Å². The molecular weight excluding hydrogens is 279 g/mol. The first-order chi connectivity index (χ1) is 9.21. The fourth-order valence-electron chi connectivity index (χ4n) is 2.58. The first-order valence-corrected chi connectivity index (χ1v) is 7.12. The van der Waals surface area contributed by atoms with Crippen LogP contribution >= 0.6 is 11.6 Å². The zero-order valence-corrected chi connectivity index (χ0v) is 13.0. The first kappa shape index (κ1) is 15.2. The van der Waals surface area contributed by atoms with E-state index in [2.05, 4.69) is 25.7 Å². The summed E-state index contributed by atoms with van der Waals surface area (Å²) in [5.74, 6) is -0.520. The van der Waals surface area contributed by atoms with Gasteiger partial charge in [0.2, 0.25) is 0 Å². The molecule has 0 aromatic heterocycles. The topological polar surface area (TPSA) is 58.5 Å². The number of piperazine rings is 1. The number of hydrogen-bond donors (Lipinski definition) is 2. The minimum Gasteiger partial charge on any atom is -0.397 e. The number of nitrogens with two attached hydrogens (primary N) is 2. The molecule has 0 spiro atoms. The van der Waals surface area contributed by atoms with Crippen molar-refractivity contribution in [1.82, 2.24) is 4.90 Å². The van der Waals surface area contributed by atoms with Gasteiger partial charge in [0.05, 0.1) is 17.1 Å². The van der Waals surface area contributed by atoms with Gasteiger partial charge in [-0.05, 0) is 26.8 Å². The van der Waals surface area contributed by atoms with E-state index in [-0.39, 0.29) is 16.2 Å². The fraction of sp³-hybridized carbons (Fsp3) is 0.571. The standard InChI is InChI=1S/C14H22ClFN4/c1-14(2,3)20-6-4-19(5-7-20)13-10(18)8-9(17)11(15)12(13)16/h8H,4-7,17-18H2,1-3H3. The Labute approximate surface area is 124 Å². The van der Waals surface area contributed by atoms with Gasteiger partial charge >= 0.3 is 0 Å². The van der Waals surface area contributed by atoms with Gasteiger partial charge in [-0.1, -0.05) is 11.6 Å². The Kier molecular flexibility index (Phi) is 4.02. The second-order valence-electron chi connectivity index (χ2n) is 6.18. The highest BCUT2D eigenvalue weighted by molar-refractivity contribution is 6.33. The lowest BCUT2D eigenvalue weighted by atomic mass is 10.0. The molecule has 20 heavy (non-hydrogen) atoms. The second-order valence-corrected chi connectivity index (χ2v) is 6.55. The molecule has 1 fully saturated rings. The Hall–Kier alpha value is -1.20. The summed E-state index contributed by atoms with van der Waals surface area (Å²) in [6, 6.07) is 1.52. The summed E-state index contributed by atoms with van der Waals surface area (Å²) in [5, 5.41) is -0.0487. The molecule has 4 N–H and O–H groups in total. The fourth-order valence-corrected chi connectivity index (χ4v) is 2.72. The molecule has 1 aliphatic heterocycles. The number of benzene rings is 1. The highest BCUT2D eigenvalue weighted by Gasteiger charge is 2.28. The molecule has 0 aliphatic carbocycles. The van der Waals surface area contributed by atoms with Gasteiger partial charge < -0.3 is 16.4 Å². The maximum atomic E-state index is 14.3. The van der Waals surface area contributed by atoms with Crippen molar-refractivity contribution in [2.24, 2.45) is 0 Å². The summed E-state index contributed by atoms with van der Waals surface area (Å²) in [4.78, 5) is 4.31. The molecule has 1 saturated heterocycles. The minimum atomic E-state index is -0.520. The molecule has 1 aromatic rings. The van der Waals surface area contributed by atoms with Crippen molar-refractivity contribution in [1.29, 1.82) is 0 Å². The molecule has 0 radical (unpaired) electrons. The largest absolute Gasteiger partial charge is 0.397 e. The average Bonchev–Trinajstić information content (AvgIpc) is 2.36. The van der Waals surface area contributed by atoms with Crippen LogP contribution in [-0.2, 0) is 0 Å². The Morgan fingerprint density at radius 2 is 1.65 bits per heavy atom. The van der Waals surface area contributed by atoms with Gasteiger partial charge in [0.1, 0.15) is 5.02 Å². The molecule has 2 rings (SSSR count).